The van der Waals surface area contributed by atoms with Gasteiger partial charge in [0.2, 0.25) is 5.91 Å². The van der Waals surface area contributed by atoms with E-state index < -0.39 is 0 Å². The first-order valence-electron chi connectivity index (χ1n) is 5.87. The highest BCUT2D eigenvalue weighted by Gasteiger charge is 2.12. The molecule has 1 aromatic carbocycles. The van der Waals surface area contributed by atoms with Crippen LogP contribution in [0.25, 0.3) is 0 Å². The predicted octanol–water partition coefficient (Wildman–Crippen LogP) is 0.836. The second-order valence-corrected chi connectivity index (χ2v) is 3.92. The van der Waals surface area contributed by atoms with Crippen molar-refractivity contribution >= 4 is 5.91 Å². The van der Waals surface area contributed by atoms with Crippen LogP contribution in [-0.4, -0.2) is 31.2 Å². The van der Waals surface area contributed by atoms with Crippen LogP contribution < -0.4 is 10.6 Å². The Bertz CT molecular complexity index is 327. The summed E-state index contributed by atoms with van der Waals surface area (Å²) in [4.78, 5) is 11.6. The summed E-state index contributed by atoms with van der Waals surface area (Å²) < 4.78 is 0. The zero-order valence-electron chi connectivity index (χ0n) is 10.1. The molecule has 1 atom stereocenters. The largest absolute Gasteiger partial charge is 0.394 e. The molecule has 0 saturated heterocycles. The number of nitrogens with one attached hydrogen (secondary N) is 2. The Kier molecular flexibility index (Phi) is 6.29. The molecule has 94 valence electrons. The maximum absolute atomic E-state index is 11.6. The van der Waals surface area contributed by atoms with Gasteiger partial charge in [-0.3, -0.25) is 4.79 Å². The summed E-state index contributed by atoms with van der Waals surface area (Å²) >= 11 is 0. The monoisotopic (exact) mass is 236 g/mol. The van der Waals surface area contributed by atoms with Crippen molar-refractivity contribution in [2.45, 2.75) is 18.9 Å². The Balaban J connectivity index is 2.44. The van der Waals surface area contributed by atoms with Crippen molar-refractivity contribution in [3.63, 3.8) is 0 Å². The lowest BCUT2D eigenvalue weighted by Gasteiger charge is -2.16. The van der Waals surface area contributed by atoms with E-state index in [1.54, 1.807) is 0 Å². The first kappa shape index (κ1) is 13.7. The van der Waals surface area contributed by atoms with Crippen LogP contribution in [0.2, 0.25) is 0 Å². The van der Waals surface area contributed by atoms with E-state index in [1.165, 1.54) is 0 Å². The highest BCUT2D eigenvalue weighted by atomic mass is 16.3. The lowest BCUT2D eigenvalue weighted by atomic mass is 10.1. The van der Waals surface area contributed by atoms with Gasteiger partial charge < -0.3 is 15.7 Å². The van der Waals surface area contributed by atoms with Crippen molar-refractivity contribution < 1.29 is 9.90 Å². The van der Waals surface area contributed by atoms with Crippen LogP contribution in [0, 0.1) is 0 Å². The fraction of sp³-hybridized carbons (Fsp3) is 0.462. The van der Waals surface area contributed by atoms with Gasteiger partial charge in [-0.05, 0) is 25.6 Å². The standard InChI is InChI=1S/C13H20N2O2/c1-14-9-5-8-13(17)15-12(10-16)11-6-3-2-4-7-11/h2-4,6-7,12,14,16H,5,8-10H2,1H3,(H,15,17)/t12-/m0/s1. The molecule has 0 aliphatic carbocycles. The molecule has 3 N–H and O–H groups in total. The van der Waals surface area contributed by atoms with Crippen molar-refractivity contribution in [1.29, 1.82) is 0 Å². The molecule has 0 fully saturated rings. The van der Waals surface area contributed by atoms with Gasteiger partial charge >= 0.3 is 0 Å². The van der Waals surface area contributed by atoms with Crippen LogP contribution in [0.15, 0.2) is 30.3 Å². The molecule has 0 aromatic heterocycles. The number of aliphatic hydroxyl groups excluding tert-OH is 1. The second kappa shape index (κ2) is 7.81. The van der Waals surface area contributed by atoms with Crippen LogP contribution in [0.1, 0.15) is 24.4 Å². The van der Waals surface area contributed by atoms with Crippen LogP contribution in [0.4, 0.5) is 0 Å². The molecular formula is C13H20N2O2. The number of benzene rings is 1. The maximum Gasteiger partial charge on any atom is 0.220 e. The fourth-order valence-corrected chi connectivity index (χ4v) is 1.61. The minimum atomic E-state index is -0.307. The van der Waals surface area contributed by atoms with Crippen LogP contribution in [0.5, 0.6) is 0 Å². The van der Waals surface area contributed by atoms with Crippen LogP contribution in [-0.2, 0) is 4.79 Å². The summed E-state index contributed by atoms with van der Waals surface area (Å²) in [6, 6.07) is 9.19. The summed E-state index contributed by atoms with van der Waals surface area (Å²) in [7, 11) is 1.86. The van der Waals surface area contributed by atoms with Crippen LogP contribution in [0.3, 0.4) is 0 Å². The molecule has 0 aliphatic heterocycles. The molecule has 1 amide bonds. The van der Waals surface area contributed by atoms with E-state index in [2.05, 4.69) is 10.6 Å². The van der Waals surface area contributed by atoms with Crippen molar-refractivity contribution in [1.82, 2.24) is 10.6 Å². The van der Waals surface area contributed by atoms with Gasteiger partial charge in [0.25, 0.3) is 0 Å². The number of rotatable bonds is 7. The molecule has 0 bridgehead atoms. The predicted molar refractivity (Wildman–Crippen MR) is 67.6 cm³/mol. The fourth-order valence-electron chi connectivity index (χ4n) is 1.61. The number of amides is 1. The normalized spacial score (nSPS) is 12.1. The molecule has 4 nitrogen and oxygen atoms in total. The average molecular weight is 236 g/mol. The molecule has 0 aliphatic rings. The first-order valence-corrected chi connectivity index (χ1v) is 5.87. The molecule has 1 aromatic rings. The first-order chi connectivity index (χ1) is 8.27. The number of hydrogen-bond acceptors (Lipinski definition) is 3. The topological polar surface area (TPSA) is 61.4 Å². The van der Waals surface area contributed by atoms with E-state index in [0.29, 0.717) is 6.42 Å². The van der Waals surface area contributed by atoms with Gasteiger partial charge in [-0.2, -0.15) is 0 Å². The van der Waals surface area contributed by atoms with Crippen molar-refractivity contribution in [2.75, 3.05) is 20.2 Å². The smallest absolute Gasteiger partial charge is 0.220 e. The summed E-state index contributed by atoms with van der Waals surface area (Å²) in [6.07, 6.45) is 1.28. The van der Waals surface area contributed by atoms with E-state index in [9.17, 15) is 9.90 Å². The minimum Gasteiger partial charge on any atom is -0.394 e. The Morgan fingerprint density at radius 1 is 1.35 bits per heavy atom. The summed E-state index contributed by atoms with van der Waals surface area (Å²) in [5.41, 5.74) is 0.928. The lowest BCUT2D eigenvalue weighted by Crippen LogP contribution is -2.31. The Morgan fingerprint density at radius 3 is 2.65 bits per heavy atom. The van der Waals surface area contributed by atoms with E-state index in [4.69, 9.17) is 0 Å². The third-order valence-electron chi connectivity index (χ3n) is 2.55. The van der Waals surface area contributed by atoms with Gasteiger partial charge in [-0.15, -0.1) is 0 Å². The molecule has 4 heteroatoms. The van der Waals surface area contributed by atoms with Gasteiger partial charge in [0.1, 0.15) is 0 Å². The second-order valence-electron chi connectivity index (χ2n) is 3.92. The van der Waals surface area contributed by atoms with Crippen molar-refractivity contribution in [3.05, 3.63) is 35.9 Å². The molecule has 0 spiro atoms. The van der Waals surface area contributed by atoms with E-state index in [0.717, 1.165) is 18.5 Å². The minimum absolute atomic E-state index is 0.0249. The quantitative estimate of drug-likeness (QED) is 0.615. The third kappa shape index (κ3) is 4.97. The van der Waals surface area contributed by atoms with Gasteiger partial charge in [0.05, 0.1) is 12.6 Å². The molecule has 0 saturated carbocycles. The molecule has 0 radical (unpaired) electrons. The average Bonchev–Trinajstić information content (AvgIpc) is 2.37. The number of carbonyl (C=O) groups is 1. The maximum atomic E-state index is 11.6. The molecule has 17 heavy (non-hydrogen) atoms. The van der Waals surface area contributed by atoms with Crippen molar-refractivity contribution in [3.8, 4) is 0 Å². The molecule has 0 unspecified atom stereocenters. The summed E-state index contributed by atoms with van der Waals surface area (Å²) in [6.45, 7) is 0.740. The highest BCUT2D eigenvalue weighted by molar-refractivity contribution is 5.76. The highest BCUT2D eigenvalue weighted by Crippen LogP contribution is 2.11. The van der Waals surface area contributed by atoms with E-state index in [1.807, 2.05) is 37.4 Å². The molecular weight excluding hydrogens is 216 g/mol. The van der Waals surface area contributed by atoms with Gasteiger partial charge in [0.15, 0.2) is 0 Å². The summed E-state index contributed by atoms with van der Waals surface area (Å²) in [5.74, 6) is -0.0249. The van der Waals surface area contributed by atoms with Gasteiger partial charge in [-0.25, -0.2) is 0 Å². The number of hydrogen-bond donors (Lipinski definition) is 3. The lowest BCUT2D eigenvalue weighted by molar-refractivity contribution is -0.122. The van der Waals surface area contributed by atoms with Gasteiger partial charge in [0, 0.05) is 6.42 Å². The van der Waals surface area contributed by atoms with Crippen molar-refractivity contribution in [2.24, 2.45) is 0 Å². The Labute approximate surface area is 102 Å². The van der Waals surface area contributed by atoms with Gasteiger partial charge in [-0.1, -0.05) is 30.3 Å². The number of carbonyl (C=O) groups excluding carboxylic acids is 1. The zero-order valence-corrected chi connectivity index (χ0v) is 10.1. The Morgan fingerprint density at radius 2 is 2.06 bits per heavy atom. The van der Waals surface area contributed by atoms with E-state index in [-0.39, 0.29) is 18.6 Å². The molecule has 0 heterocycles. The summed E-state index contributed by atoms with van der Waals surface area (Å²) in [5, 5.41) is 15.1. The van der Waals surface area contributed by atoms with E-state index >= 15 is 0 Å². The molecule has 1 rings (SSSR count). The third-order valence-corrected chi connectivity index (χ3v) is 2.55. The zero-order chi connectivity index (χ0) is 12.5. The Hall–Kier alpha value is -1.39. The number of aliphatic hydroxyl groups is 1. The van der Waals surface area contributed by atoms with Crippen LogP contribution >= 0.6 is 0 Å². The SMILES string of the molecule is CNCCCC(=O)N[C@@H](CO)c1ccccc1.